The third kappa shape index (κ3) is 3.74. The molecular formula is C27H26N2O3S. The normalized spacial score (nSPS) is 19.3. The number of hydrogen-bond acceptors (Lipinski definition) is 5. The molecule has 5 nitrogen and oxygen atoms in total. The Balaban J connectivity index is 1.82. The maximum atomic E-state index is 14.0. The lowest BCUT2D eigenvalue weighted by Gasteiger charge is -2.37. The molecule has 0 saturated heterocycles. The van der Waals surface area contributed by atoms with E-state index in [1.165, 1.54) is 11.3 Å². The van der Waals surface area contributed by atoms with Crippen LogP contribution in [0.25, 0.3) is 0 Å². The molecule has 168 valence electrons. The highest BCUT2D eigenvalue weighted by molar-refractivity contribution is 7.12. The number of ether oxygens (including phenoxy) is 1. The van der Waals surface area contributed by atoms with Gasteiger partial charge >= 0.3 is 0 Å². The van der Waals surface area contributed by atoms with Gasteiger partial charge in [0.25, 0.3) is 5.91 Å². The van der Waals surface area contributed by atoms with Crippen LogP contribution >= 0.6 is 11.3 Å². The lowest BCUT2D eigenvalue weighted by atomic mass is 9.73. The van der Waals surface area contributed by atoms with Crippen LogP contribution < -0.4 is 15.0 Å². The van der Waals surface area contributed by atoms with Crippen molar-refractivity contribution in [2.45, 2.75) is 32.7 Å². The van der Waals surface area contributed by atoms with Crippen LogP contribution in [0.15, 0.2) is 77.3 Å². The van der Waals surface area contributed by atoms with Crippen LogP contribution in [0.5, 0.6) is 5.75 Å². The van der Waals surface area contributed by atoms with Crippen molar-refractivity contribution in [1.29, 1.82) is 0 Å². The third-order valence-electron chi connectivity index (χ3n) is 6.29. The summed E-state index contributed by atoms with van der Waals surface area (Å²) in [6.07, 6.45) is 1.14. The number of nitrogens with one attached hydrogen (secondary N) is 1. The van der Waals surface area contributed by atoms with Crippen molar-refractivity contribution in [3.63, 3.8) is 0 Å². The van der Waals surface area contributed by atoms with Gasteiger partial charge in [-0.05, 0) is 41.5 Å². The number of rotatable bonds is 3. The SMILES string of the molecule is COc1ccccc1[C@H]1C2=C(CC(C)(C)CC2=O)Nc2ccccc2N1C(=O)c1cccs1. The highest BCUT2D eigenvalue weighted by Crippen LogP contribution is 2.50. The number of para-hydroxylation sites is 3. The molecule has 3 aromatic rings. The van der Waals surface area contributed by atoms with Crippen LogP contribution in [0.3, 0.4) is 0 Å². The fourth-order valence-corrected chi connectivity index (χ4v) is 5.58. The van der Waals surface area contributed by atoms with Gasteiger partial charge < -0.3 is 10.1 Å². The lowest BCUT2D eigenvalue weighted by Crippen LogP contribution is -2.39. The van der Waals surface area contributed by atoms with Gasteiger partial charge in [0.2, 0.25) is 0 Å². The predicted molar refractivity (Wildman–Crippen MR) is 132 cm³/mol. The van der Waals surface area contributed by atoms with Gasteiger partial charge in [-0.1, -0.05) is 50.2 Å². The number of thiophene rings is 1. The summed E-state index contributed by atoms with van der Waals surface area (Å²) in [4.78, 5) is 30.1. The smallest absolute Gasteiger partial charge is 0.269 e. The monoisotopic (exact) mass is 458 g/mol. The molecule has 5 rings (SSSR count). The Morgan fingerprint density at radius 2 is 1.82 bits per heavy atom. The number of Topliss-reactive ketones (excluding diaryl/α,β-unsaturated/α-hetero) is 1. The fraction of sp³-hybridized carbons (Fsp3) is 0.259. The molecule has 1 atom stereocenters. The first-order chi connectivity index (χ1) is 15.9. The third-order valence-corrected chi connectivity index (χ3v) is 7.14. The number of anilines is 2. The molecule has 0 spiro atoms. The van der Waals surface area contributed by atoms with Crippen LogP contribution in [0.4, 0.5) is 11.4 Å². The highest BCUT2D eigenvalue weighted by Gasteiger charge is 2.44. The van der Waals surface area contributed by atoms with E-state index in [1.54, 1.807) is 12.0 Å². The van der Waals surface area contributed by atoms with E-state index >= 15 is 0 Å². The van der Waals surface area contributed by atoms with E-state index in [0.29, 0.717) is 22.6 Å². The topological polar surface area (TPSA) is 58.6 Å². The second-order valence-corrected chi connectivity index (χ2v) is 10.2. The molecule has 0 saturated carbocycles. The number of fused-ring (bicyclic) bond motifs is 1. The number of ketones is 1. The van der Waals surface area contributed by atoms with Gasteiger partial charge in [-0.25, -0.2) is 0 Å². The minimum atomic E-state index is -0.606. The van der Waals surface area contributed by atoms with E-state index in [4.69, 9.17) is 4.74 Å². The Kier molecular flexibility index (Phi) is 5.33. The number of hydrogen-bond donors (Lipinski definition) is 1. The molecule has 0 unspecified atom stereocenters. The van der Waals surface area contributed by atoms with Crippen molar-refractivity contribution < 1.29 is 14.3 Å². The molecule has 1 N–H and O–H groups in total. The maximum absolute atomic E-state index is 14.0. The molecule has 0 bridgehead atoms. The van der Waals surface area contributed by atoms with E-state index in [2.05, 4.69) is 19.2 Å². The summed E-state index contributed by atoms with van der Waals surface area (Å²) in [6.45, 7) is 4.22. The zero-order valence-corrected chi connectivity index (χ0v) is 19.7. The highest BCUT2D eigenvalue weighted by atomic mass is 32.1. The van der Waals surface area contributed by atoms with Crippen LogP contribution in [-0.4, -0.2) is 18.8 Å². The molecular weight excluding hydrogens is 432 g/mol. The van der Waals surface area contributed by atoms with Crippen molar-refractivity contribution >= 4 is 34.4 Å². The first kappa shape index (κ1) is 21.5. The number of allylic oxidation sites excluding steroid dienone is 1. The van der Waals surface area contributed by atoms with E-state index in [0.717, 1.165) is 29.1 Å². The number of benzene rings is 2. The number of methoxy groups -OCH3 is 1. The Morgan fingerprint density at radius 3 is 2.58 bits per heavy atom. The van der Waals surface area contributed by atoms with Crippen molar-refractivity contribution in [2.24, 2.45) is 5.41 Å². The van der Waals surface area contributed by atoms with Gasteiger partial charge in [0.15, 0.2) is 5.78 Å². The van der Waals surface area contributed by atoms with Crippen LogP contribution in [0.2, 0.25) is 0 Å². The second kappa shape index (κ2) is 8.19. The summed E-state index contributed by atoms with van der Waals surface area (Å²) < 4.78 is 5.71. The molecule has 2 aromatic carbocycles. The van der Waals surface area contributed by atoms with E-state index in [1.807, 2.05) is 66.0 Å². The lowest BCUT2D eigenvalue weighted by molar-refractivity contribution is -0.118. The minimum Gasteiger partial charge on any atom is -0.496 e. The molecule has 2 aliphatic rings. The Morgan fingerprint density at radius 1 is 1.06 bits per heavy atom. The summed E-state index contributed by atoms with van der Waals surface area (Å²) in [5.41, 5.74) is 3.70. The standard InChI is InChI=1S/C27H26N2O3S/c1-27(2)15-19-24(21(30)16-27)25(17-9-4-7-12-22(17)32-3)29(26(31)23-13-8-14-33-23)20-11-6-5-10-18(20)28-19/h4-14,25,28H,15-16H2,1-3H3/t25-/m0/s1. The number of carbonyl (C=O) groups excluding carboxylic acids is 2. The van der Waals surface area contributed by atoms with Gasteiger partial charge in [-0.3, -0.25) is 14.5 Å². The molecule has 1 aliphatic heterocycles. The first-order valence-electron chi connectivity index (χ1n) is 11.0. The molecule has 0 fully saturated rings. The summed E-state index contributed by atoms with van der Waals surface area (Å²) in [5.74, 6) is 0.568. The average Bonchev–Trinajstić information content (AvgIpc) is 3.28. The van der Waals surface area contributed by atoms with Crippen LogP contribution in [-0.2, 0) is 4.79 Å². The molecule has 0 radical (unpaired) electrons. The molecule has 1 aromatic heterocycles. The van der Waals surface area contributed by atoms with E-state index in [9.17, 15) is 9.59 Å². The van der Waals surface area contributed by atoms with Crippen molar-refractivity contribution in [1.82, 2.24) is 0 Å². The number of carbonyl (C=O) groups is 2. The first-order valence-corrected chi connectivity index (χ1v) is 11.9. The fourth-order valence-electron chi connectivity index (χ4n) is 4.92. The summed E-state index contributed by atoms with van der Waals surface area (Å²) in [6, 6.07) is 18.5. The van der Waals surface area contributed by atoms with Gasteiger partial charge in [-0.2, -0.15) is 0 Å². The van der Waals surface area contributed by atoms with Gasteiger partial charge in [0.05, 0.1) is 29.4 Å². The van der Waals surface area contributed by atoms with Gasteiger partial charge in [0.1, 0.15) is 5.75 Å². The summed E-state index contributed by atoms with van der Waals surface area (Å²) >= 11 is 1.40. The number of nitrogens with zero attached hydrogens (tertiary/aromatic N) is 1. The molecule has 1 amide bonds. The van der Waals surface area contributed by atoms with Crippen molar-refractivity contribution in [3.8, 4) is 5.75 Å². The van der Waals surface area contributed by atoms with Crippen LogP contribution in [0.1, 0.15) is 48.0 Å². The molecule has 2 heterocycles. The van der Waals surface area contributed by atoms with Crippen LogP contribution in [0, 0.1) is 5.41 Å². The quantitative estimate of drug-likeness (QED) is 0.507. The van der Waals surface area contributed by atoms with Crippen molar-refractivity contribution in [3.05, 3.63) is 87.8 Å². The molecule has 6 heteroatoms. The largest absolute Gasteiger partial charge is 0.496 e. The maximum Gasteiger partial charge on any atom is 0.269 e. The Hall–Kier alpha value is -3.38. The zero-order chi connectivity index (χ0) is 23.2. The Bertz CT molecular complexity index is 1260. The average molecular weight is 459 g/mol. The van der Waals surface area contributed by atoms with E-state index in [-0.39, 0.29) is 17.1 Å². The van der Waals surface area contributed by atoms with Gasteiger partial charge in [-0.15, -0.1) is 11.3 Å². The number of amides is 1. The van der Waals surface area contributed by atoms with Gasteiger partial charge in [0, 0.05) is 23.3 Å². The predicted octanol–water partition coefficient (Wildman–Crippen LogP) is 6.21. The second-order valence-electron chi connectivity index (χ2n) is 9.27. The molecule has 33 heavy (non-hydrogen) atoms. The van der Waals surface area contributed by atoms with Crippen molar-refractivity contribution in [2.75, 3.05) is 17.3 Å². The summed E-state index contributed by atoms with van der Waals surface area (Å²) in [5, 5.41) is 5.44. The Labute approximate surface area is 197 Å². The summed E-state index contributed by atoms with van der Waals surface area (Å²) in [7, 11) is 1.62. The zero-order valence-electron chi connectivity index (χ0n) is 18.9. The minimum absolute atomic E-state index is 0.0569. The van der Waals surface area contributed by atoms with E-state index < -0.39 is 6.04 Å². The molecule has 1 aliphatic carbocycles.